The zero-order chi connectivity index (χ0) is 15.6. The standard InChI is InChI=1S/C19H23NO2/c21-14-8-7-13-20-19(22)15-18(16-9-3-1-4-10-16)17-11-5-2-6-12-17/h1-6,9-12,18,21H,7-8,13-15H2,(H,20,22). The molecule has 0 saturated heterocycles. The Morgan fingerprint density at radius 1 is 0.909 bits per heavy atom. The van der Waals surface area contributed by atoms with Crippen LogP contribution < -0.4 is 5.32 Å². The van der Waals surface area contributed by atoms with Gasteiger partial charge in [-0.15, -0.1) is 0 Å². The Hall–Kier alpha value is -2.13. The monoisotopic (exact) mass is 297 g/mol. The first-order valence-corrected chi connectivity index (χ1v) is 7.78. The zero-order valence-electron chi connectivity index (χ0n) is 12.7. The Kier molecular flexibility index (Phi) is 6.65. The number of carbonyl (C=O) groups excluding carboxylic acids is 1. The predicted molar refractivity (Wildman–Crippen MR) is 88.7 cm³/mol. The number of aliphatic hydroxyl groups excluding tert-OH is 1. The summed E-state index contributed by atoms with van der Waals surface area (Å²) < 4.78 is 0. The molecule has 0 atom stereocenters. The van der Waals surface area contributed by atoms with Crippen LogP contribution in [-0.4, -0.2) is 24.2 Å². The van der Waals surface area contributed by atoms with Gasteiger partial charge in [-0.2, -0.15) is 0 Å². The van der Waals surface area contributed by atoms with E-state index in [4.69, 9.17) is 5.11 Å². The molecule has 0 saturated carbocycles. The normalized spacial score (nSPS) is 10.6. The fourth-order valence-electron chi connectivity index (χ4n) is 2.52. The summed E-state index contributed by atoms with van der Waals surface area (Å²) in [5, 5.41) is 11.7. The van der Waals surface area contributed by atoms with Gasteiger partial charge >= 0.3 is 0 Å². The maximum atomic E-state index is 12.2. The van der Waals surface area contributed by atoms with Crippen LogP contribution in [0.1, 0.15) is 36.3 Å². The van der Waals surface area contributed by atoms with Gasteiger partial charge in [-0.3, -0.25) is 4.79 Å². The predicted octanol–water partition coefficient (Wildman–Crippen LogP) is 3.10. The van der Waals surface area contributed by atoms with Crippen molar-refractivity contribution in [2.24, 2.45) is 0 Å². The molecule has 22 heavy (non-hydrogen) atoms. The van der Waals surface area contributed by atoms with E-state index >= 15 is 0 Å². The number of carbonyl (C=O) groups is 1. The Morgan fingerprint density at radius 3 is 1.95 bits per heavy atom. The van der Waals surface area contributed by atoms with Gasteiger partial charge in [0.2, 0.25) is 5.91 Å². The van der Waals surface area contributed by atoms with Crippen molar-refractivity contribution < 1.29 is 9.90 Å². The van der Waals surface area contributed by atoms with E-state index in [2.05, 4.69) is 29.6 Å². The molecule has 0 spiro atoms. The molecule has 1 amide bonds. The summed E-state index contributed by atoms with van der Waals surface area (Å²) >= 11 is 0. The molecular weight excluding hydrogens is 274 g/mol. The van der Waals surface area contributed by atoms with Crippen molar-refractivity contribution in [2.75, 3.05) is 13.2 Å². The fraction of sp³-hybridized carbons (Fsp3) is 0.316. The lowest BCUT2D eigenvalue weighted by Crippen LogP contribution is -2.26. The fourth-order valence-corrected chi connectivity index (χ4v) is 2.52. The average molecular weight is 297 g/mol. The summed E-state index contributed by atoms with van der Waals surface area (Å²) in [5.74, 6) is 0.121. The van der Waals surface area contributed by atoms with Crippen molar-refractivity contribution in [2.45, 2.75) is 25.2 Å². The Balaban J connectivity index is 2.04. The highest BCUT2D eigenvalue weighted by Gasteiger charge is 2.17. The van der Waals surface area contributed by atoms with Crippen LogP contribution in [0.15, 0.2) is 60.7 Å². The molecule has 0 aliphatic rings. The quantitative estimate of drug-likeness (QED) is 0.736. The van der Waals surface area contributed by atoms with Crippen molar-refractivity contribution in [1.82, 2.24) is 5.32 Å². The third-order valence-electron chi connectivity index (χ3n) is 3.70. The van der Waals surface area contributed by atoms with Crippen LogP contribution in [0, 0.1) is 0 Å². The molecule has 0 unspecified atom stereocenters. The number of nitrogens with one attached hydrogen (secondary N) is 1. The van der Waals surface area contributed by atoms with E-state index in [1.54, 1.807) is 0 Å². The minimum absolute atomic E-state index is 0.0515. The van der Waals surface area contributed by atoms with Gasteiger partial charge in [0.1, 0.15) is 0 Å². The average Bonchev–Trinajstić information content (AvgIpc) is 2.58. The van der Waals surface area contributed by atoms with Gasteiger partial charge in [-0.25, -0.2) is 0 Å². The van der Waals surface area contributed by atoms with Gasteiger partial charge in [-0.05, 0) is 24.0 Å². The highest BCUT2D eigenvalue weighted by molar-refractivity contribution is 5.77. The first-order chi connectivity index (χ1) is 10.8. The third-order valence-corrected chi connectivity index (χ3v) is 3.70. The highest BCUT2D eigenvalue weighted by Crippen LogP contribution is 2.27. The lowest BCUT2D eigenvalue weighted by atomic mass is 9.88. The van der Waals surface area contributed by atoms with Gasteiger partial charge in [-0.1, -0.05) is 60.7 Å². The second kappa shape index (κ2) is 9.00. The summed E-state index contributed by atoms with van der Waals surface area (Å²) in [4.78, 5) is 12.2. The van der Waals surface area contributed by atoms with Crippen LogP contribution in [0.5, 0.6) is 0 Å². The Bertz CT molecular complexity index is 515. The molecule has 0 heterocycles. The van der Waals surface area contributed by atoms with Gasteiger partial charge < -0.3 is 10.4 Å². The molecular formula is C19H23NO2. The number of aliphatic hydroxyl groups is 1. The van der Waals surface area contributed by atoms with E-state index in [1.807, 2.05) is 36.4 Å². The number of unbranched alkanes of at least 4 members (excludes halogenated alkanes) is 1. The van der Waals surface area contributed by atoms with Crippen molar-refractivity contribution >= 4 is 5.91 Å². The van der Waals surface area contributed by atoms with E-state index < -0.39 is 0 Å². The van der Waals surface area contributed by atoms with Gasteiger partial charge in [0.15, 0.2) is 0 Å². The third kappa shape index (κ3) is 5.01. The molecule has 0 aliphatic heterocycles. The molecule has 2 aromatic carbocycles. The summed E-state index contributed by atoms with van der Waals surface area (Å²) in [6, 6.07) is 20.3. The molecule has 2 N–H and O–H groups in total. The Labute approximate surface area is 132 Å². The van der Waals surface area contributed by atoms with E-state index in [0.717, 1.165) is 24.0 Å². The van der Waals surface area contributed by atoms with Gasteiger partial charge in [0.05, 0.1) is 0 Å². The molecule has 0 radical (unpaired) electrons. The van der Waals surface area contributed by atoms with Crippen molar-refractivity contribution in [3.8, 4) is 0 Å². The smallest absolute Gasteiger partial charge is 0.220 e. The van der Waals surface area contributed by atoms with E-state index in [9.17, 15) is 4.79 Å². The largest absolute Gasteiger partial charge is 0.396 e. The van der Waals surface area contributed by atoms with E-state index in [-0.39, 0.29) is 18.4 Å². The van der Waals surface area contributed by atoms with Crippen LogP contribution in [0.4, 0.5) is 0 Å². The molecule has 3 heteroatoms. The molecule has 116 valence electrons. The molecule has 3 nitrogen and oxygen atoms in total. The molecule has 2 aromatic rings. The van der Waals surface area contributed by atoms with E-state index in [1.165, 1.54) is 0 Å². The van der Waals surface area contributed by atoms with Crippen LogP contribution in [0.3, 0.4) is 0 Å². The topological polar surface area (TPSA) is 49.3 Å². The second-order valence-electron chi connectivity index (χ2n) is 5.36. The lowest BCUT2D eigenvalue weighted by molar-refractivity contribution is -0.121. The molecule has 0 fully saturated rings. The Morgan fingerprint density at radius 2 is 1.45 bits per heavy atom. The number of benzene rings is 2. The first kappa shape index (κ1) is 16.2. The van der Waals surface area contributed by atoms with Crippen molar-refractivity contribution in [1.29, 1.82) is 0 Å². The van der Waals surface area contributed by atoms with Crippen molar-refractivity contribution in [3.05, 3.63) is 71.8 Å². The zero-order valence-corrected chi connectivity index (χ0v) is 12.7. The molecule has 2 rings (SSSR count). The van der Waals surface area contributed by atoms with Gasteiger partial charge in [0, 0.05) is 25.5 Å². The lowest BCUT2D eigenvalue weighted by Gasteiger charge is -2.18. The number of hydrogen-bond acceptors (Lipinski definition) is 2. The number of rotatable bonds is 8. The summed E-state index contributed by atoms with van der Waals surface area (Å²) in [5.41, 5.74) is 2.30. The van der Waals surface area contributed by atoms with Crippen LogP contribution in [0.2, 0.25) is 0 Å². The molecule has 0 aliphatic carbocycles. The molecule has 0 bridgehead atoms. The maximum absolute atomic E-state index is 12.2. The van der Waals surface area contributed by atoms with Crippen LogP contribution in [0.25, 0.3) is 0 Å². The minimum Gasteiger partial charge on any atom is -0.396 e. The van der Waals surface area contributed by atoms with Crippen LogP contribution >= 0.6 is 0 Å². The minimum atomic E-state index is 0.0515. The summed E-state index contributed by atoms with van der Waals surface area (Å²) in [6.45, 7) is 0.794. The maximum Gasteiger partial charge on any atom is 0.220 e. The van der Waals surface area contributed by atoms with E-state index in [0.29, 0.717) is 13.0 Å². The number of amides is 1. The first-order valence-electron chi connectivity index (χ1n) is 7.78. The van der Waals surface area contributed by atoms with Gasteiger partial charge in [0.25, 0.3) is 0 Å². The number of hydrogen-bond donors (Lipinski definition) is 2. The van der Waals surface area contributed by atoms with Crippen molar-refractivity contribution in [3.63, 3.8) is 0 Å². The summed E-state index contributed by atoms with van der Waals surface area (Å²) in [6.07, 6.45) is 1.97. The second-order valence-corrected chi connectivity index (χ2v) is 5.36. The highest BCUT2D eigenvalue weighted by atomic mass is 16.2. The van der Waals surface area contributed by atoms with Crippen LogP contribution in [-0.2, 0) is 4.79 Å². The molecule has 0 aromatic heterocycles. The summed E-state index contributed by atoms with van der Waals surface area (Å²) in [7, 11) is 0. The SMILES string of the molecule is O=C(CC(c1ccccc1)c1ccccc1)NCCCCO.